The summed E-state index contributed by atoms with van der Waals surface area (Å²) in [6, 6.07) is 7.36. The van der Waals surface area contributed by atoms with Crippen molar-refractivity contribution < 1.29 is 45.6 Å². The summed E-state index contributed by atoms with van der Waals surface area (Å²) in [5, 5.41) is -5.34. The summed E-state index contributed by atoms with van der Waals surface area (Å²) in [6.45, 7) is 7.74. The van der Waals surface area contributed by atoms with Crippen LogP contribution in [0.2, 0.25) is 0 Å². The Bertz CT molecular complexity index is 1310. The van der Waals surface area contributed by atoms with Crippen LogP contribution in [0.5, 0.6) is 5.75 Å². The lowest BCUT2D eigenvalue weighted by molar-refractivity contribution is -0.168. The first kappa shape index (κ1) is 33.6. The number of carbonyl (C=O) groups is 2. The number of halogens is 2. The summed E-state index contributed by atoms with van der Waals surface area (Å²) in [6.07, 6.45) is 6.33. The third kappa shape index (κ3) is 6.83. The average molecular weight is 659 g/mol. The number of alkyl halides is 2. The Morgan fingerprint density at radius 2 is 1.80 bits per heavy atom. The molecule has 1 aliphatic heterocycles. The topological polar surface area (TPSA) is 119 Å². The first-order valence-corrected chi connectivity index (χ1v) is 18.7. The molecule has 3 bridgehead atoms. The van der Waals surface area contributed by atoms with Gasteiger partial charge in [0.1, 0.15) is 17.3 Å². The van der Waals surface area contributed by atoms with Gasteiger partial charge in [0.15, 0.2) is 15.4 Å². The van der Waals surface area contributed by atoms with Crippen molar-refractivity contribution in [3.63, 3.8) is 0 Å². The number of hydrogen-bond donors (Lipinski definition) is 0. The van der Waals surface area contributed by atoms with Gasteiger partial charge in [0.05, 0.1) is 26.4 Å². The summed E-state index contributed by atoms with van der Waals surface area (Å²) in [5.41, 5.74) is 0.108. The van der Waals surface area contributed by atoms with Gasteiger partial charge in [-0.15, -0.1) is 0 Å². The number of carbonyl (C=O) groups excluding carboxylic acids is 2. The Kier molecular flexibility index (Phi) is 9.77. The number of esters is 1. The third-order valence-corrected chi connectivity index (χ3v) is 14.1. The van der Waals surface area contributed by atoms with Crippen molar-refractivity contribution in [2.75, 3.05) is 37.9 Å². The molecule has 6 unspecified atom stereocenters. The zero-order valence-electron chi connectivity index (χ0n) is 25.7. The van der Waals surface area contributed by atoms with Crippen LogP contribution in [0.25, 0.3) is 0 Å². The van der Waals surface area contributed by atoms with Gasteiger partial charge < -0.3 is 18.8 Å². The molecule has 246 valence electrons. The first-order chi connectivity index (χ1) is 20.7. The number of benzene rings is 1. The third-order valence-electron chi connectivity index (χ3n) is 10.4. The molecule has 0 aromatic heterocycles. The predicted molar refractivity (Wildman–Crippen MR) is 162 cm³/mol. The van der Waals surface area contributed by atoms with Crippen LogP contribution in [0.3, 0.4) is 0 Å². The molecule has 1 heterocycles. The van der Waals surface area contributed by atoms with Crippen molar-refractivity contribution in [2.24, 2.45) is 34.5 Å². The minimum atomic E-state index is -6.18. The van der Waals surface area contributed by atoms with Crippen molar-refractivity contribution in [2.45, 2.75) is 76.2 Å². The van der Waals surface area contributed by atoms with Gasteiger partial charge in [0.2, 0.25) is 5.78 Å². The molecule has 0 radical (unpaired) electrons. The fraction of sp³-hybridized carbons (Fsp3) is 0.750. The summed E-state index contributed by atoms with van der Waals surface area (Å²) < 4.78 is 76.9. The van der Waals surface area contributed by atoms with E-state index in [0.717, 1.165) is 55.8 Å². The summed E-state index contributed by atoms with van der Waals surface area (Å²) in [5.74, 6) is 1.07. The zero-order chi connectivity index (χ0) is 31.9. The molecule has 3 aliphatic carbocycles. The van der Waals surface area contributed by atoms with Crippen LogP contribution < -0.4 is 4.74 Å². The predicted octanol–water partition coefficient (Wildman–Crippen LogP) is 5.22. The van der Waals surface area contributed by atoms with Crippen molar-refractivity contribution in [3.8, 4) is 5.75 Å². The fourth-order valence-electron chi connectivity index (χ4n) is 9.14. The fourth-order valence-corrected chi connectivity index (χ4v) is 12.2. The molecule has 8 nitrogen and oxygen atoms in total. The number of ketones is 1. The van der Waals surface area contributed by atoms with Crippen LogP contribution in [-0.4, -0.2) is 73.2 Å². The van der Waals surface area contributed by atoms with Gasteiger partial charge in [0.25, 0.3) is 0 Å². The second kappa shape index (κ2) is 12.8. The van der Waals surface area contributed by atoms with Crippen molar-refractivity contribution in [1.29, 1.82) is 0 Å². The van der Waals surface area contributed by atoms with Gasteiger partial charge in [-0.1, -0.05) is 20.3 Å². The largest absolute Gasteiger partial charge is 0.743 e. The normalized spacial score (nSPS) is 30.0. The van der Waals surface area contributed by atoms with E-state index in [2.05, 4.69) is 13.8 Å². The summed E-state index contributed by atoms with van der Waals surface area (Å²) in [4.78, 5) is 26.4. The molecule has 12 heteroatoms. The Morgan fingerprint density at radius 3 is 2.43 bits per heavy atom. The van der Waals surface area contributed by atoms with E-state index in [1.165, 1.54) is 0 Å². The van der Waals surface area contributed by atoms with E-state index in [0.29, 0.717) is 43.6 Å². The number of fused-ring (bicyclic) bond motifs is 2. The highest BCUT2D eigenvalue weighted by atomic mass is 32.2. The van der Waals surface area contributed by atoms with Crippen molar-refractivity contribution >= 4 is 32.8 Å². The maximum Gasteiger partial charge on any atom is 0.428 e. The summed E-state index contributed by atoms with van der Waals surface area (Å²) in [7, 11) is -6.37. The Morgan fingerprint density at radius 1 is 1.11 bits per heavy atom. The van der Waals surface area contributed by atoms with Gasteiger partial charge in [-0.25, -0.2) is 13.2 Å². The van der Waals surface area contributed by atoms with Crippen LogP contribution in [0.4, 0.5) is 8.78 Å². The zero-order valence-corrected chi connectivity index (χ0v) is 27.4. The summed E-state index contributed by atoms with van der Waals surface area (Å²) >= 11 is 0. The van der Waals surface area contributed by atoms with Gasteiger partial charge in [-0.2, -0.15) is 8.78 Å². The standard InChI is InChI=1S/C32H44F2O8S2/c1-4-41-25-8-6-22(7-9-25)27(35)28(43-13-11-40-12-14-43)30(2,3)20-31-16-21-5-10-26(23(15-21)17-31)24(18-31)19-42-29(36)32(33,34)44(37,38)39/h6-9,21,23-24,26,28H,4-5,10-20H2,1-3H3. The second-order valence-corrected chi connectivity index (χ2v) is 17.8. The first-order valence-electron chi connectivity index (χ1n) is 15.7. The lowest BCUT2D eigenvalue weighted by Crippen LogP contribution is -2.54. The number of rotatable bonds is 12. The minimum Gasteiger partial charge on any atom is -0.743 e. The molecule has 0 N–H and O–H groups in total. The van der Waals surface area contributed by atoms with Crippen LogP contribution in [0.1, 0.15) is 76.1 Å². The number of Topliss-reactive ketones (excluding diaryl/α,β-unsaturated/α-hetero) is 1. The van der Waals surface area contributed by atoms with Crippen LogP contribution in [-0.2, 0) is 35.3 Å². The van der Waals surface area contributed by atoms with Crippen LogP contribution in [0, 0.1) is 34.5 Å². The molecule has 0 spiro atoms. The van der Waals surface area contributed by atoms with E-state index < -0.39 is 21.3 Å². The van der Waals surface area contributed by atoms with E-state index >= 15 is 0 Å². The molecule has 0 amide bonds. The number of ether oxygens (including phenoxy) is 3. The second-order valence-electron chi connectivity index (χ2n) is 14.0. The molecule has 1 saturated heterocycles. The molecule has 5 rings (SSSR count). The average Bonchev–Trinajstić information content (AvgIpc) is 2.95. The maximum absolute atomic E-state index is 14.3. The maximum atomic E-state index is 14.3. The van der Waals surface area contributed by atoms with Gasteiger partial charge in [0, 0.05) is 21.9 Å². The molecular weight excluding hydrogens is 614 g/mol. The Labute approximate surface area is 262 Å². The van der Waals surface area contributed by atoms with E-state index in [9.17, 15) is 31.3 Å². The molecule has 4 aliphatic rings. The molecule has 1 aromatic carbocycles. The molecule has 44 heavy (non-hydrogen) atoms. The van der Waals surface area contributed by atoms with E-state index in [1.54, 1.807) is 0 Å². The van der Waals surface area contributed by atoms with Gasteiger partial charge >= 0.3 is 11.2 Å². The van der Waals surface area contributed by atoms with Gasteiger partial charge in [-0.05, 0) is 98.8 Å². The van der Waals surface area contributed by atoms with Crippen LogP contribution >= 0.6 is 0 Å². The highest BCUT2D eigenvalue weighted by molar-refractivity contribution is 7.98. The quantitative estimate of drug-likeness (QED) is 0.130. The molecule has 4 fully saturated rings. The Balaban J connectivity index is 1.39. The molecule has 6 atom stereocenters. The monoisotopic (exact) mass is 658 g/mol. The van der Waals surface area contributed by atoms with Crippen molar-refractivity contribution in [3.05, 3.63) is 29.8 Å². The molecular formula is C32H44F2O8S2. The van der Waals surface area contributed by atoms with E-state index in [1.807, 2.05) is 31.2 Å². The lowest BCUT2D eigenvalue weighted by Gasteiger charge is -2.59. The number of hydrogen-bond acceptors (Lipinski definition) is 8. The van der Waals surface area contributed by atoms with Crippen LogP contribution in [0.15, 0.2) is 24.3 Å². The SMILES string of the molecule is CCOc1ccc(C(=O)C([S+]2CCOCC2)C(C)(C)CC23CC4CCC(C(COC(=O)C(F)(F)S(=O)(=O)[O-])C2)C(C4)C3)cc1. The minimum absolute atomic E-state index is 0.121. The smallest absolute Gasteiger partial charge is 0.428 e. The molecule has 3 saturated carbocycles. The van der Waals surface area contributed by atoms with Gasteiger partial charge in [-0.3, -0.25) is 4.79 Å². The lowest BCUT2D eigenvalue weighted by atomic mass is 9.46. The highest BCUT2D eigenvalue weighted by Gasteiger charge is 2.58. The van der Waals surface area contributed by atoms with E-state index in [-0.39, 0.29) is 51.2 Å². The Hall–Kier alpha value is -1.76. The van der Waals surface area contributed by atoms with E-state index in [4.69, 9.17) is 14.2 Å². The highest BCUT2D eigenvalue weighted by Crippen LogP contribution is 2.63. The molecule has 1 aromatic rings. The van der Waals surface area contributed by atoms with Crippen molar-refractivity contribution in [1.82, 2.24) is 0 Å².